The van der Waals surface area contributed by atoms with Crippen molar-refractivity contribution >= 4 is 27.8 Å². The van der Waals surface area contributed by atoms with Crippen molar-refractivity contribution < 1.29 is 0 Å². The van der Waals surface area contributed by atoms with Crippen molar-refractivity contribution in [1.82, 2.24) is 0 Å². The summed E-state index contributed by atoms with van der Waals surface area (Å²) in [5.74, 6) is 0. The van der Waals surface area contributed by atoms with E-state index in [0.29, 0.717) is 0 Å². The number of hydrogen-bond acceptors (Lipinski definition) is 1. The molecule has 0 unspecified atom stereocenters. The average molecular weight is 644 g/mol. The van der Waals surface area contributed by atoms with Crippen LogP contribution in [-0.4, -0.2) is 0 Å². The molecule has 0 radical (unpaired) electrons. The van der Waals surface area contributed by atoms with Crippen molar-refractivity contribution in [2.45, 2.75) is 57.8 Å². The number of nitrogens with zero attached hydrogens (tertiary/aromatic N) is 1. The quantitative estimate of drug-likeness (QED) is 0.185. The first-order valence-corrected chi connectivity index (χ1v) is 18.0. The molecule has 242 valence electrons. The van der Waals surface area contributed by atoms with Crippen molar-refractivity contribution in [3.63, 3.8) is 0 Å². The smallest absolute Gasteiger partial charge is 0.0546 e. The van der Waals surface area contributed by atoms with E-state index in [1.54, 1.807) is 0 Å². The third-order valence-electron chi connectivity index (χ3n) is 12.5. The summed E-state index contributed by atoms with van der Waals surface area (Å²) in [6.07, 6.45) is 0. The van der Waals surface area contributed by atoms with Crippen LogP contribution < -0.4 is 4.90 Å². The van der Waals surface area contributed by atoms with E-state index in [0.717, 1.165) is 0 Å². The molecule has 0 N–H and O–H groups in total. The Morgan fingerprint density at radius 2 is 0.800 bits per heavy atom. The zero-order chi connectivity index (χ0) is 34.2. The van der Waals surface area contributed by atoms with Gasteiger partial charge >= 0.3 is 0 Å². The molecule has 7 aromatic rings. The maximum absolute atomic E-state index is 2.55. The zero-order valence-corrected chi connectivity index (χ0v) is 29.7. The van der Waals surface area contributed by atoms with E-state index < -0.39 is 0 Å². The number of fused-ring (bicyclic) bond motifs is 8. The molecular formula is C49H41N. The van der Waals surface area contributed by atoms with E-state index in [-0.39, 0.29) is 16.2 Å². The Hall–Kier alpha value is -5.40. The Morgan fingerprint density at radius 3 is 1.36 bits per heavy atom. The normalized spacial score (nSPS) is 16.3. The lowest BCUT2D eigenvalue weighted by molar-refractivity contribution is 0.645. The Labute approximate surface area is 295 Å². The van der Waals surface area contributed by atoms with Crippen LogP contribution in [0, 0.1) is 0 Å². The van der Waals surface area contributed by atoms with Gasteiger partial charge in [0.1, 0.15) is 0 Å². The summed E-state index contributed by atoms with van der Waals surface area (Å²) in [6, 6.07) is 52.9. The monoisotopic (exact) mass is 643 g/mol. The number of anilines is 3. The molecule has 0 bridgehead atoms. The van der Waals surface area contributed by atoms with Crippen LogP contribution in [0.25, 0.3) is 44.2 Å². The van der Waals surface area contributed by atoms with Gasteiger partial charge in [-0.1, -0.05) is 151 Å². The maximum atomic E-state index is 2.55. The summed E-state index contributed by atoms with van der Waals surface area (Å²) in [5.41, 5.74) is 19.6. The molecule has 0 fully saturated rings. The number of rotatable bonds is 3. The summed E-state index contributed by atoms with van der Waals surface area (Å²) >= 11 is 0. The van der Waals surface area contributed by atoms with E-state index in [1.807, 2.05) is 0 Å². The minimum absolute atomic E-state index is 0.101. The van der Waals surface area contributed by atoms with Gasteiger partial charge in [-0.15, -0.1) is 0 Å². The van der Waals surface area contributed by atoms with Crippen LogP contribution in [0.2, 0.25) is 0 Å². The van der Waals surface area contributed by atoms with E-state index in [9.17, 15) is 0 Å². The Balaban J connectivity index is 1.28. The van der Waals surface area contributed by atoms with E-state index >= 15 is 0 Å². The van der Waals surface area contributed by atoms with Gasteiger partial charge < -0.3 is 4.90 Å². The van der Waals surface area contributed by atoms with Crippen molar-refractivity contribution in [3.8, 4) is 33.4 Å². The van der Waals surface area contributed by atoms with Gasteiger partial charge in [-0.05, 0) is 102 Å². The fourth-order valence-corrected chi connectivity index (χ4v) is 9.83. The SMILES string of the molecule is CC1(C)c2ccccc2-c2ccc(N(c3ccc4c(c3)C(C)(C)c3ccccc3-4)c3ccc4cccc5c4c3-c3ccccc3C5(C)C)cc21. The molecule has 0 spiro atoms. The summed E-state index contributed by atoms with van der Waals surface area (Å²) in [4.78, 5) is 2.55. The number of hydrogen-bond donors (Lipinski definition) is 0. The maximum Gasteiger partial charge on any atom is 0.0546 e. The van der Waals surface area contributed by atoms with Gasteiger partial charge in [-0.25, -0.2) is 0 Å². The molecule has 1 nitrogen and oxygen atoms in total. The van der Waals surface area contributed by atoms with Gasteiger partial charge in [0.05, 0.1) is 5.69 Å². The lowest BCUT2D eigenvalue weighted by Gasteiger charge is -2.38. The van der Waals surface area contributed by atoms with Crippen LogP contribution in [0.3, 0.4) is 0 Å². The first-order chi connectivity index (χ1) is 24.1. The molecule has 7 aromatic carbocycles. The fraction of sp³-hybridized carbons (Fsp3) is 0.184. The Bertz CT molecular complexity index is 2470. The second kappa shape index (κ2) is 9.86. The van der Waals surface area contributed by atoms with E-state index in [2.05, 4.69) is 186 Å². The van der Waals surface area contributed by atoms with Crippen LogP contribution in [0.15, 0.2) is 140 Å². The van der Waals surface area contributed by atoms with Crippen LogP contribution in [-0.2, 0) is 16.2 Å². The molecule has 0 aromatic heterocycles. The van der Waals surface area contributed by atoms with E-state index in [4.69, 9.17) is 0 Å². The van der Waals surface area contributed by atoms with Gasteiger partial charge in [-0.2, -0.15) is 0 Å². The summed E-state index contributed by atoms with van der Waals surface area (Å²) in [6.45, 7) is 14.3. The molecule has 3 aliphatic carbocycles. The third kappa shape index (κ3) is 3.73. The van der Waals surface area contributed by atoms with Gasteiger partial charge in [0, 0.05) is 33.2 Å². The first-order valence-electron chi connectivity index (χ1n) is 18.0. The predicted molar refractivity (Wildman–Crippen MR) is 211 cm³/mol. The van der Waals surface area contributed by atoms with Crippen LogP contribution >= 0.6 is 0 Å². The molecule has 10 rings (SSSR count). The van der Waals surface area contributed by atoms with Gasteiger partial charge in [-0.3, -0.25) is 0 Å². The van der Waals surface area contributed by atoms with Crippen molar-refractivity contribution in [2.24, 2.45) is 0 Å². The zero-order valence-electron chi connectivity index (χ0n) is 29.7. The van der Waals surface area contributed by atoms with Crippen LogP contribution in [0.1, 0.15) is 74.9 Å². The standard InChI is InChI=1S/C49H41N/c1-47(2)40-20-12-9-17-37(40)46-44(27-22-30-14-13-21-41(47)45(30)46)50(31-23-25-35-33-15-7-10-18-38(33)48(3,4)42(35)28-31)32-24-26-36-34-16-8-11-19-39(34)49(5,6)43(36)29-32/h7-29H,1-6H3. The van der Waals surface area contributed by atoms with Crippen LogP contribution in [0.5, 0.6) is 0 Å². The Morgan fingerprint density at radius 1 is 0.360 bits per heavy atom. The van der Waals surface area contributed by atoms with Gasteiger partial charge in [0.15, 0.2) is 0 Å². The molecule has 50 heavy (non-hydrogen) atoms. The summed E-state index contributed by atoms with van der Waals surface area (Å²) < 4.78 is 0. The van der Waals surface area contributed by atoms with Crippen molar-refractivity contribution in [3.05, 3.63) is 173 Å². The highest BCUT2D eigenvalue weighted by molar-refractivity contribution is 6.10. The molecular weight excluding hydrogens is 603 g/mol. The minimum Gasteiger partial charge on any atom is -0.310 e. The molecule has 0 aliphatic heterocycles. The second-order valence-corrected chi connectivity index (χ2v) is 16.2. The first kappa shape index (κ1) is 29.5. The molecule has 3 aliphatic rings. The third-order valence-corrected chi connectivity index (χ3v) is 12.5. The highest BCUT2D eigenvalue weighted by atomic mass is 15.1. The van der Waals surface area contributed by atoms with Crippen molar-refractivity contribution in [1.29, 1.82) is 0 Å². The fourth-order valence-electron chi connectivity index (χ4n) is 9.83. The highest BCUT2D eigenvalue weighted by Gasteiger charge is 2.39. The minimum atomic E-state index is -0.112. The predicted octanol–water partition coefficient (Wildman–Crippen LogP) is 13.2. The molecule has 0 heterocycles. The van der Waals surface area contributed by atoms with Gasteiger partial charge in [0.25, 0.3) is 0 Å². The lowest BCUT2D eigenvalue weighted by Crippen LogP contribution is -2.24. The molecule has 1 heteroatoms. The number of benzene rings is 7. The van der Waals surface area contributed by atoms with Crippen molar-refractivity contribution in [2.75, 3.05) is 4.90 Å². The molecule has 0 atom stereocenters. The largest absolute Gasteiger partial charge is 0.310 e. The lowest BCUT2D eigenvalue weighted by atomic mass is 9.68. The summed E-state index contributed by atoms with van der Waals surface area (Å²) in [5, 5.41) is 2.65. The Kier molecular flexibility index (Phi) is 5.82. The van der Waals surface area contributed by atoms with Gasteiger partial charge in [0.2, 0.25) is 0 Å². The average Bonchev–Trinajstić information content (AvgIpc) is 3.50. The molecule has 0 saturated heterocycles. The summed E-state index contributed by atoms with van der Waals surface area (Å²) in [7, 11) is 0. The van der Waals surface area contributed by atoms with E-state index in [1.165, 1.54) is 94.6 Å². The molecule has 0 amide bonds. The molecule has 0 saturated carbocycles. The highest BCUT2D eigenvalue weighted by Crippen LogP contribution is 2.56. The topological polar surface area (TPSA) is 3.24 Å². The van der Waals surface area contributed by atoms with Crippen LogP contribution in [0.4, 0.5) is 17.1 Å². The second-order valence-electron chi connectivity index (χ2n) is 16.2.